The van der Waals surface area contributed by atoms with Gasteiger partial charge in [-0.2, -0.15) is 0 Å². The maximum absolute atomic E-state index is 13.2. The van der Waals surface area contributed by atoms with Gasteiger partial charge >= 0.3 is 0 Å². The monoisotopic (exact) mass is 414 g/mol. The minimum atomic E-state index is -3.63. The fraction of sp³-hybridized carbons (Fsp3) is 0.409. The fourth-order valence-electron chi connectivity index (χ4n) is 3.90. The lowest BCUT2D eigenvalue weighted by Crippen LogP contribution is -2.36. The zero-order valence-electron chi connectivity index (χ0n) is 16.6. The van der Waals surface area contributed by atoms with Crippen molar-refractivity contribution in [2.45, 2.75) is 43.6 Å². The molecule has 0 unspecified atom stereocenters. The molecule has 0 aliphatic carbocycles. The van der Waals surface area contributed by atoms with Crippen LogP contribution < -0.4 is 9.62 Å². The highest BCUT2D eigenvalue weighted by Crippen LogP contribution is 2.32. The quantitative estimate of drug-likeness (QED) is 0.816. The average Bonchev–Trinajstić information content (AvgIpc) is 3.25. The van der Waals surface area contributed by atoms with Crippen LogP contribution in [0.25, 0.3) is 0 Å². The molecule has 2 heterocycles. The molecule has 1 fully saturated rings. The van der Waals surface area contributed by atoms with Crippen LogP contribution in [-0.4, -0.2) is 40.1 Å². The topological polar surface area (TPSA) is 75.7 Å². The van der Waals surface area contributed by atoms with E-state index in [9.17, 15) is 13.2 Å². The number of amides is 1. The molecule has 1 saturated heterocycles. The molecule has 0 aromatic heterocycles. The van der Waals surface area contributed by atoms with E-state index in [1.54, 1.807) is 36.4 Å². The minimum absolute atomic E-state index is 0.0896. The first-order valence-corrected chi connectivity index (χ1v) is 11.5. The molecule has 6 nitrogen and oxygen atoms in total. The van der Waals surface area contributed by atoms with E-state index in [1.165, 1.54) is 4.31 Å². The van der Waals surface area contributed by atoms with Crippen LogP contribution in [0.5, 0.6) is 0 Å². The van der Waals surface area contributed by atoms with Crippen molar-refractivity contribution in [3.8, 4) is 0 Å². The summed E-state index contributed by atoms with van der Waals surface area (Å²) in [6.45, 7) is 3.63. The van der Waals surface area contributed by atoms with E-state index >= 15 is 0 Å². The maximum Gasteiger partial charge on any atom is 0.264 e. The molecule has 4 rings (SSSR count). The Morgan fingerprint density at radius 2 is 1.97 bits per heavy atom. The first-order chi connectivity index (χ1) is 13.9. The summed E-state index contributed by atoms with van der Waals surface area (Å²) in [5.41, 5.74) is 3.11. The lowest BCUT2D eigenvalue weighted by atomic mass is 10.0. The summed E-state index contributed by atoms with van der Waals surface area (Å²) in [6, 6.07) is 12.2. The molecule has 2 aromatic carbocycles. The van der Waals surface area contributed by atoms with Crippen molar-refractivity contribution in [1.82, 2.24) is 5.32 Å². The Labute approximate surface area is 171 Å². The first kappa shape index (κ1) is 19.9. The Bertz CT molecular complexity index is 996. The predicted molar refractivity (Wildman–Crippen MR) is 112 cm³/mol. The van der Waals surface area contributed by atoms with Gasteiger partial charge in [0.2, 0.25) is 0 Å². The summed E-state index contributed by atoms with van der Waals surface area (Å²) >= 11 is 0. The molecule has 0 spiro atoms. The van der Waals surface area contributed by atoms with Crippen molar-refractivity contribution in [1.29, 1.82) is 0 Å². The summed E-state index contributed by atoms with van der Waals surface area (Å²) < 4.78 is 33.3. The summed E-state index contributed by atoms with van der Waals surface area (Å²) in [5.74, 6) is -0.151. The number of benzene rings is 2. The van der Waals surface area contributed by atoms with Crippen molar-refractivity contribution in [3.05, 3.63) is 59.2 Å². The smallest absolute Gasteiger partial charge is 0.264 e. The molecular weight excluding hydrogens is 388 g/mol. The van der Waals surface area contributed by atoms with E-state index in [2.05, 4.69) is 5.32 Å². The van der Waals surface area contributed by atoms with Crippen LogP contribution in [0.1, 0.15) is 40.7 Å². The second kappa shape index (κ2) is 8.16. The largest absolute Gasteiger partial charge is 0.376 e. The minimum Gasteiger partial charge on any atom is -0.376 e. The standard InChI is InChI=1S/C22H26N2O4S/c1-16-6-9-20(10-7-16)29(26,27)24-12-2-4-17-14-18(8-11-21(17)24)22(25)23-15-19-5-3-13-28-19/h6-11,14,19H,2-5,12-13,15H2,1H3,(H,23,25)/t19-/m1/s1. The third-order valence-corrected chi connectivity index (χ3v) is 7.37. The molecule has 1 amide bonds. The zero-order chi connectivity index (χ0) is 20.4. The predicted octanol–water partition coefficient (Wildman–Crippen LogP) is 3.05. The molecule has 0 radical (unpaired) electrons. The van der Waals surface area contributed by atoms with Gasteiger partial charge in [-0.05, 0) is 68.5 Å². The number of fused-ring (bicyclic) bond motifs is 1. The fourth-order valence-corrected chi connectivity index (χ4v) is 5.45. The molecule has 29 heavy (non-hydrogen) atoms. The van der Waals surface area contributed by atoms with Gasteiger partial charge in [-0.3, -0.25) is 9.10 Å². The number of anilines is 1. The van der Waals surface area contributed by atoms with Crippen LogP contribution in [-0.2, 0) is 21.2 Å². The van der Waals surface area contributed by atoms with Gasteiger partial charge in [0.25, 0.3) is 15.9 Å². The highest BCUT2D eigenvalue weighted by Gasteiger charge is 2.29. The number of carbonyl (C=O) groups excluding carboxylic acids is 1. The number of carbonyl (C=O) groups is 1. The number of aryl methyl sites for hydroxylation is 2. The highest BCUT2D eigenvalue weighted by molar-refractivity contribution is 7.92. The molecule has 2 aromatic rings. The number of rotatable bonds is 5. The number of nitrogens with zero attached hydrogens (tertiary/aromatic N) is 1. The average molecular weight is 415 g/mol. The van der Waals surface area contributed by atoms with E-state index < -0.39 is 10.0 Å². The number of hydrogen-bond acceptors (Lipinski definition) is 4. The lowest BCUT2D eigenvalue weighted by molar-refractivity contribution is 0.0857. The Morgan fingerprint density at radius 1 is 1.17 bits per heavy atom. The lowest BCUT2D eigenvalue weighted by Gasteiger charge is -2.30. The van der Waals surface area contributed by atoms with Crippen LogP contribution >= 0.6 is 0 Å². The third kappa shape index (κ3) is 4.16. The van der Waals surface area contributed by atoms with Gasteiger partial charge in [0.05, 0.1) is 16.7 Å². The van der Waals surface area contributed by atoms with Gasteiger partial charge < -0.3 is 10.1 Å². The summed E-state index contributed by atoms with van der Waals surface area (Å²) in [4.78, 5) is 12.8. The zero-order valence-corrected chi connectivity index (χ0v) is 17.4. The molecule has 2 aliphatic rings. The van der Waals surface area contributed by atoms with E-state index in [0.29, 0.717) is 24.3 Å². The number of ether oxygens (including phenoxy) is 1. The van der Waals surface area contributed by atoms with Crippen LogP contribution in [0, 0.1) is 6.92 Å². The first-order valence-electron chi connectivity index (χ1n) is 10.1. The van der Waals surface area contributed by atoms with Crippen molar-refractivity contribution >= 4 is 21.6 Å². The van der Waals surface area contributed by atoms with E-state index in [1.807, 2.05) is 13.0 Å². The van der Waals surface area contributed by atoms with Gasteiger partial charge in [-0.25, -0.2) is 8.42 Å². The van der Waals surface area contributed by atoms with Crippen molar-refractivity contribution < 1.29 is 17.9 Å². The third-order valence-electron chi connectivity index (χ3n) is 5.54. The second-order valence-electron chi connectivity index (χ2n) is 7.68. The van der Waals surface area contributed by atoms with Gasteiger partial charge in [0.1, 0.15) is 0 Å². The normalized spacial score (nSPS) is 19.1. The van der Waals surface area contributed by atoms with Crippen LogP contribution in [0.3, 0.4) is 0 Å². The van der Waals surface area contributed by atoms with Crippen molar-refractivity contribution in [2.24, 2.45) is 0 Å². The van der Waals surface area contributed by atoms with Gasteiger partial charge in [-0.1, -0.05) is 17.7 Å². The van der Waals surface area contributed by atoms with Crippen molar-refractivity contribution in [2.75, 3.05) is 24.0 Å². The molecule has 1 atom stereocenters. The summed E-state index contributed by atoms with van der Waals surface area (Å²) in [6.07, 6.45) is 3.56. The molecule has 2 aliphatic heterocycles. The van der Waals surface area contributed by atoms with E-state index in [-0.39, 0.29) is 16.9 Å². The van der Waals surface area contributed by atoms with Crippen molar-refractivity contribution in [3.63, 3.8) is 0 Å². The Kier molecular flexibility index (Phi) is 5.61. The number of sulfonamides is 1. The van der Waals surface area contributed by atoms with E-state index in [0.717, 1.165) is 43.4 Å². The molecule has 154 valence electrons. The summed E-state index contributed by atoms with van der Waals surface area (Å²) in [7, 11) is -3.63. The molecule has 0 saturated carbocycles. The maximum atomic E-state index is 13.2. The van der Waals surface area contributed by atoms with E-state index in [4.69, 9.17) is 4.74 Å². The molecular formula is C22H26N2O4S. The Hall–Kier alpha value is -2.38. The molecule has 0 bridgehead atoms. The Morgan fingerprint density at radius 3 is 2.69 bits per heavy atom. The summed E-state index contributed by atoms with van der Waals surface area (Å²) in [5, 5.41) is 2.92. The Balaban J connectivity index is 1.55. The number of nitrogens with one attached hydrogen (secondary N) is 1. The van der Waals surface area contributed by atoms with Gasteiger partial charge in [-0.15, -0.1) is 0 Å². The second-order valence-corrected chi connectivity index (χ2v) is 9.54. The van der Waals surface area contributed by atoms with Crippen LogP contribution in [0.4, 0.5) is 5.69 Å². The SMILES string of the molecule is Cc1ccc(S(=O)(=O)N2CCCc3cc(C(=O)NC[C@H]4CCCO4)ccc32)cc1. The number of hydrogen-bond donors (Lipinski definition) is 1. The molecule has 1 N–H and O–H groups in total. The van der Waals surface area contributed by atoms with Gasteiger partial charge in [0, 0.05) is 25.3 Å². The highest BCUT2D eigenvalue weighted by atomic mass is 32.2. The van der Waals surface area contributed by atoms with Gasteiger partial charge in [0.15, 0.2) is 0 Å². The molecule has 7 heteroatoms. The van der Waals surface area contributed by atoms with Crippen LogP contribution in [0.15, 0.2) is 47.4 Å². The van der Waals surface area contributed by atoms with Crippen LogP contribution in [0.2, 0.25) is 0 Å².